The highest BCUT2D eigenvalue weighted by Gasteiger charge is 2.29. The van der Waals surface area contributed by atoms with Crippen LogP contribution in [0.3, 0.4) is 0 Å². The van der Waals surface area contributed by atoms with E-state index in [4.69, 9.17) is 9.84 Å². The summed E-state index contributed by atoms with van der Waals surface area (Å²) < 4.78 is 5.48. The molecule has 3 rings (SSSR count). The van der Waals surface area contributed by atoms with E-state index in [2.05, 4.69) is 34.9 Å². The second-order valence-electron chi connectivity index (χ2n) is 7.54. The molecule has 0 saturated carbocycles. The fourth-order valence-electron chi connectivity index (χ4n) is 3.77. The third kappa shape index (κ3) is 6.91. The van der Waals surface area contributed by atoms with Crippen LogP contribution in [0, 0.1) is 0 Å². The highest BCUT2D eigenvalue weighted by Crippen LogP contribution is 2.44. The topological polar surface area (TPSA) is 105 Å². The maximum atomic E-state index is 12.2. The van der Waals surface area contributed by atoms with E-state index in [0.717, 1.165) is 11.1 Å². The van der Waals surface area contributed by atoms with Crippen LogP contribution in [-0.2, 0) is 14.3 Å². The molecule has 0 radical (unpaired) electrons. The Bertz CT molecular complexity index is 939. The molecule has 2 aromatic carbocycles. The fraction of sp³-hybridized carbons (Fsp3) is 0.375. The summed E-state index contributed by atoms with van der Waals surface area (Å²) in [4.78, 5) is 35.3. The summed E-state index contributed by atoms with van der Waals surface area (Å²) in [7, 11) is 0. The van der Waals surface area contributed by atoms with Crippen LogP contribution in [0.1, 0.15) is 23.5 Å². The van der Waals surface area contributed by atoms with Gasteiger partial charge in [-0.15, -0.1) is 0 Å². The van der Waals surface area contributed by atoms with Gasteiger partial charge >= 0.3 is 12.1 Å². The third-order valence-corrected chi connectivity index (χ3v) is 6.94. The van der Waals surface area contributed by atoms with E-state index in [-0.39, 0.29) is 24.2 Å². The average molecular weight is 489 g/mol. The molecule has 0 fully saturated rings. The van der Waals surface area contributed by atoms with Gasteiger partial charge in [0.05, 0.1) is 5.75 Å². The van der Waals surface area contributed by atoms with Crippen molar-refractivity contribution < 1.29 is 24.2 Å². The molecule has 0 bridgehead atoms. The Morgan fingerprint density at radius 3 is 2.27 bits per heavy atom. The van der Waals surface area contributed by atoms with Gasteiger partial charge in [0.1, 0.15) is 12.6 Å². The van der Waals surface area contributed by atoms with E-state index in [1.165, 1.54) is 34.7 Å². The first-order valence-electron chi connectivity index (χ1n) is 10.7. The van der Waals surface area contributed by atoms with Crippen molar-refractivity contribution in [1.29, 1.82) is 0 Å². The van der Waals surface area contributed by atoms with Gasteiger partial charge in [-0.05, 0) is 40.7 Å². The number of hydrogen-bond acceptors (Lipinski definition) is 6. The molecule has 0 aromatic heterocycles. The number of carbonyl (C=O) groups is 3. The van der Waals surface area contributed by atoms with Gasteiger partial charge < -0.3 is 20.5 Å². The predicted octanol–water partition coefficient (Wildman–Crippen LogP) is 3.58. The summed E-state index contributed by atoms with van der Waals surface area (Å²) in [6, 6.07) is 15.4. The Morgan fingerprint density at radius 1 is 1.03 bits per heavy atom. The molecular formula is C24H28N2O5S2. The SMILES string of the molecule is CSCCC(NC(=O)CSCCNC(=O)OCC1c2ccccc2-c2ccccc21)C(=O)O. The Balaban J connectivity index is 1.36. The first-order valence-corrected chi connectivity index (χ1v) is 13.2. The van der Waals surface area contributed by atoms with E-state index in [9.17, 15) is 14.4 Å². The lowest BCUT2D eigenvalue weighted by molar-refractivity contribution is -0.141. The van der Waals surface area contributed by atoms with Crippen molar-refractivity contribution in [3.05, 3.63) is 59.7 Å². The van der Waals surface area contributed by atoms with Crippen LogP contribution in [0.2, 0.25) is 0 Å². The molecule has 7 nitrogen and oxygen atoms in total. The van der Waals surface area contributed by atoms with E-state index in [0.29, 0.717) is 24.5 Å². The Morgan fingerprint density at radius 2 is 1.67 bits per heavy atom. The molecule has 176 valence electrons. The molecular weight excluding hydrogens is 460 g/mol. The van der Waals surface area contributed by atoms with Crippen LogP contribution in [0.25, 0.3) is 11.1 Å². The van der Waals surface area contributed by atoms with Gasteiger partial charge in [0.25, 0.3) is 0 Å². The van der Waals surface area contributed by atoms with Crippen LogP contribution in [-0.4, -0.2) is 65.8 Å². The van der Waals surface area contributed by atoms with Crippen molar-refractivity contribution in [2.45, 2.75) is 18.4 Å². The largest absolute Gasteiger partial charge is 0.480 e. The fourth-order valence-corrected chi connectivity index (χ4v) is 4.90. The molecule has 1 unspecified atom stereocenters. The quantitative estimate of drug-likeness (QED) is 0.392. The van der Waals surface area contributed by atoms with Gasteiger partial charge in [0.2, 0.25) is 5.91 Å². The highest BCUT2D eigenvalue weighted by atomic mass is 32.2. The minimum Gasteiger partial charge on any atom is -0.480 e. The second kappa shape index (κ2) is 12.6. The van der Waals surface area contributed by atoms with Crippen LogP contribution < -0.4 is 10.6 Å². The van der Waals surface area contributed by atoms with Crippen LogP contribution in [0.4, 0.5) is 4.79 Å². The normalized spacial score (nSPS) is 13.0. The first kappa shape index (κ1) is 25.0. The summed E-state index contributed by atoms with van der Waals surface area (Å²) in [5, 5.41) is 14.4. The molecule has 0 aliphatic heterocycles. The monoisotopic (exact) mass is 488 g/mol. The molecule has 9 heteroatoms. The van der Waals surface area contributed by atoms with Gasteiger partial charge in [-0.1, -0.05) is 48.5 Å². The molecule has 33 heavy (non-hydrogen) atoms. The van der Waals surface area contributed by atoms with Crippen molar-refractivity contribution in [3.8, 4) is 11.1 Å². The molecule has 0 heterocycles. The lowest BCUT2D eigenvalue weighted by Crippen LogP contribution is -2.42. The summed E-state index contributed by atoms with van der Waals surface area (Å²) >= 11 is 2.86. The molecule has 0 spiro atoms. The van der Waals surface area contributed by atoms with Gasteiger partial charge in [-0.3, -0.25) is 4.79 Å². The number of alkyl carbamates (subject to hydrolysis) is 1. The molecule has 0 saturated heterocycles. The van der Waals surface area contributed by atoms with Gasteiger partial charge in [-0.25, -0.2) is 9.59 Å². The smallest absolute Gasteiger partial charge is 0.407 e. The third-order valence-electron chi connectivity index (χ3n) is 5.34. The number of thioether (sulfide) groups is 2. The zero-order chi connectivity index (χ0) is 23.6. The molecule has 1 aliphatic carbocycles. The van der Waals surface area contributed by atoms with Crippen LogP contribution in [0.5, 0.6) is 0 Å². The van der Waals surface area contributed by atoms with Gasteiger partial charge in [0, 0.05) is 18.2 Å². The van der Waals surface area contributed by atoms with Crippen molar-refractivity contribution in [3.63, 3.8) is 0 Å². The van der Waals surface area contributed by atoms with Crippen molar-refractivity contribution in [2.24, 2.45) is 0 Å². The number of rotatable bonds is 12. The predicted molar refractivity (Wildman–Crippen MR) is 133 cm³/mol. The van der Waals surface area contributed by atoms with Crippen molar-refractivity contribution in [2.75, 3.05) is 36.7 Å². The summed E-state index contributed by atoms with van der Waals surface area (Å²) in [6.07, 6.45) is 1.78. The Kier molecular flexibility index (Phi) is 9.50. The summed E-state index contributed by atoms with van der Waals surface area (Å²) in [5.41, 5.74) is 4.67. The second-order valence-corrected chi connectivity index (χ2v) is 9.64. The van der Waals surface area contributed by atoms with Crippen LogP contribution >= 0.6 is 23.5 Å². The molecule has 2 aromatic rings. The number of carboxylic acid groups (broad SMARTS) is 1. The van der Waals surface area contributed by atoms with E-state index < -0.39 is 18.1 Å². The number of ether oxygens (including phenoxy) is 1. The summed E-state index contributed by atoms with van der Waals surface area (Å²) in [6.45, 7) is 0.603. The van der Waals surface area contributed by atoms with E-state index in [1.54, 1.807) is 0 Å². The number of benzene rings is 2. The van der Waals surface area contributed by atoms with Crippen molar-refractivity contribution >= 4 is 41.5 Å². The van der Waals surface area contributed by atoms with Crippen LogP contribution in [0.15, 0.2) is 48.5 Å². The summed E-state index contributed by atoms with van der Waals surface area (Å²) in [5.74, 6) is -0.0344. The first-order chi connectivity index (χ1) is 16.0. The minimum atomic E-state index is -1.03. The maximum Gasteiger partial charge on any atom is 0.407 e. The molecule has 1 atom stereocenters. The number of aliphatic carboxylic acids is 1. The van der Waals surface area contributed by atoms with Gasteiger partial charge in [0.15, 0.2) is 0 Å². The molecule has 3 N–H and O–H groups in total. The number of carbonyl (C=O) groups excluding carboxylic acids is 2. The number of amides is 2. The van der Waals surface area contributed by atoms with Crippen molar-refractivity contribution in [1.82, 2.24) is 10.6 Å². The number of fused-ring (bicyclic) bond motifs is 3. The highest BCUT2D eigenvalue weighted by molar-refractivity contribution is 8.00. The number of nitrogens with one attached hydrogen (secondary N) is 2. The van der Waals surface area contributed by atoms with E-state index >= 15 is 0 Å². The maximum absolute atomic E-state index is 12.2. The number of hydrogen-bond donors (Lipinski definition) is 3. The minimum absolute atomic E-state index is 0.00881. The Hall–Kier alpha value is -2.65. The average Bonchev–Trinajstić information content (AvgIpc) is 3.13. The lowest BCUT2D eigenvalue weighted by atomic mass is 9.98. The Labute approximate surface area is 202 Å². The zero-order valence-corrected chi connectivity index (χ0v) is 20.0. The standard InChI is InChI=1S/C24H28N2O5S2/c1-32-12-10-21(23(28)29)26-22(27)15-33-13-11-25-24(30)31-14-20-18-8-4-2-6-16(18)17-7-3-5-9-19(17)20/h2-9,20-21H,10-15H2,1H3,(H,25,30)(H,26,27)(H,28,29). The molecule has 2 amide bonds. The van der Waals surface area contributed by atoms with Gasteiger partial charge in [-0.2, -0.15) is 23.5 Å². The molecule has 1 aliphatic rings. The number of carboxylic acids is 1. The lowest BCUT2D eigenvalue weighted by Gasteiger charge is -2.15. The van der Waals surface area contributed by atoms with E-state index in [1.807, 2.05) is 30.5 Å². The zero-order valence-electron chi connectivity index (χ0n) is 18.4.